The van der Waals surface area contributed by atoms with E-state index < -0.39 is 0 Å². The van der Waals surface area contributed by atoms with Crippen LogP contribution >= 0.6 is 0 Å². The van der Waals surface area contributed by atoms with E-state index in [1.165, 1.54) is 11.1 Å². The molecule has 3 heteroatoms. The smallest absolute Gasteiger partial charge is 0.0913 e. The molecule has 0 atom stereocenters. The summed E-state index contributed by atoms with van der Waals surface area (Å²) in [7, 11) is 0. The highest BCUT2D eigenvalue weighted by atomic mass is 16.6. The molecule has 0 spiro atoms. The number of hydrogen-bond acceptors (Lipinski definition) is 3. The Hall–Kier alpha value is -0.900. The topological polar surface area (TPSA) is 44.5 Å². The van der Waals surface area contributed by atoms with Gasteiger partial charge in [0.2, 0.25) is 0 Å². The standard InChI is InChI=1S/C10H15NO2/c1-9-3-2-4-10(7-9)8-12-5-6-13-11/h2-4,7H,5-6,8,11H2,1H3. The minimum absolute atomic E-state index is 0.436. The average molecular weight is 181 g/mol. The van der Waals surface area contributed by atoms with Crippen LogP contribution in [0, 0.1) is 6.92 Å². The molecule has 0 unspecified atom stereocenters. The molecule has 0 radical (unpaired) electrons. The van der Waals surface area contributed by atoms with Gasteiger partial charge in [-0.15, -0.1) is 0 Å². The maximum atomic E-state index is 5.31. The quantitative estimate of drug-likeness (QED) is 0.551. The van der Waals surface area contributed by atoms with Gasteiger partial charge < -0.3 is 9.57 Å². The van der Waals surface area contributed by atoms with E-state index in [0.29, 0.717) is 19.8 Å². The monoisotopic (exact) mass is 181 g/mol. The summed E-state index contributed by atoms with van der Waals surface area (Å²) in [6, 6.07) is 8.22. The lowest BCUT2D eigenvalue weighted by atomic mass is 10.1. The van der Waals surface area contributed by atoms with E-state index in [1.54, 1.807) is 0 Å². The van der Waals surface area contributed by atoms with Crippen LogP contribution in [0.5, 0.6) is 0 Å². The summed E-state index contributed by atoms with van der Waals surface area (Å²) in [5.41, 5.74) is 2.42. The fourth-order valence-electron chi connectivity index (χ4n) is 1.10. The molecule has 2 N–H and O–H groups in total. The van der Waals surface area contributed by atoms with Crippen molar-refractivity contribution in [2.45, 2.75) is 13.5 Å². The highest BCUT2D eigenvalue weighted by Crippen LogP contribution is 2.04. The van der Waals surface area contributed by atoms with Crippen molar-refractivity contribution in [3.05, 3.63) is 35.4 Å². The van der Waals surface area contributed by atoms with E-state index in [0.717, 1.165) is 0 Å². The summed E-state index contributed by atoms with van der Waals surface area (Å²) in [5, 5.41) is 0. The zero-order valence-corrected chi connectivity index (χ0v) is 7.82. The molecule has 0 aliphatic heterocycles. The number of ether oxygens (including phenoxy) is 1. The third-order valence-corrected chi connectivity index (χ3v) is 1.70. The molecule has 1 aromatic carbocycles. The van der Waals surface area contributed by atoms with Crippen molar-refractivity contribution >= 4 is 0 Å². The zero-order valence-electron chi connectivity index (χ0n) is 7.82. The lowest BCUT2D eigenvalue weighted by molar-refractivity contribution is 0.0405. The molecule has 0 amide bonds. The molecule has 1 aromatic rings. The van der Waals surface area contributed by atoms with Gasteiger partial charge in [0.25, 0.3) is 0 Å². The maximum Gasteiger partial charge on any atom is 0.0913 e. The lowest BCUT2D eigenvalue weighted by Gasteiger charge is -2.03. The summed E-state index contributed by atoms with van der Waals surface area (Å²) >= 11 is 0. The highest BCUT2D eigenvalue weighted by molar-refractivity contribution is 5.21. The van der Waals surface area contributed by atoms with E-state index in [1.807, 2.05) is 12.1 Å². The summed E-state index contributed by atoms with van der Waals surface area (Å²) in [6.45, 7) is 3.65. The van der Waals surface area contributed by atoms with E-state index >= 15 is 0 Å². The molecular weight excluding hydrogens is 166 g/mol. The normalized spacial score (nSPS) is 10.3. The first kappa shape index (κ1) is 10.2. The Labute approximate surface area is 78.4 Å². The summed E-state index contributed by atoms with van der Waals surface area (Å²) in [5.74, 6) is 4.85. The van der Waals surface area contributed by atoms with Gasteiger partial charge in [0.1, 0.15) is 0 Å². The third-order valence-electron chi connectivity index (χ3n) is 1.70. The van der Waals surface area contributed by atoms with Crippen LogP contribution in [0.25, 0.3) is 0 Å². The SMILES string of the molecule is Cc1cccc(COCCON)c1. The molecular formula is C10H15NO2. The van der Waals surface area contributed by atoms with Crippen molar-refractivity contribution in [2.75, 3.05) is 13.2 Å². The number of aryl methyl sites for hydroxylation is 1. The molecule has 0 aliphatic carbocycles. The molecule has 13 heavy (non-hydrogen) atoms. The number of hydrogen-bond donors (Lipinski definition) is 1. The molecule has 0 aliphatic rings. The largest absolute Gasteiger partial charge is 0.374 e. The second-order valence-corrected chi connectivity index (χ2v) is 2.91. The molecule has 72 valence electrons. The van der Waals surface area contributed by atoms with Crippen LogP contribution in [0.15, 0.2) is 24.3 Å². The van der Waals surface area contributed by atoms with Gasteiger partial charge in [0.15, 0.2) is 0 Å². The Morgan fingerprint density at radius 3 is 2.85 bits per heavy atom. The molecule has 0 bridgehead atoms. The Morgan fingerprint density at radius 2 is 2.15 bits per heavy atom. The van der Waals surface area contributed by atoms with Gasteiger partial charge in [-0.25, -0.2) is 5.90 Å². The van der Waals surface area contributed by atoms with Crippen molar-refractivity contribution in [3.63, 3.8) is 0 Å². The van der Waals surface area contributed by atoms with Crippen LogP contribution < -0.4 is 5.90 Å². The predicted molar refractivity (Wildman–Crippen MR) is 51.0 cm³/mol. The van der Waals surface area contributed by atoms with Gasteiger partial charge in [0.05, 0.1) is 19.8 Å². The summed E-state index contributed by atoms with van der Waals surface area (Å²) in [6.07, 6.45) is 0. The number of rotatable bonds is 5. The second-order valence-electron chi connectivity index (χ2n) is 2.91. The van der Waals surface area contributed by atoms with Gasteiger partial charge >= 0.3 is 0 Å². The molecule has 0 fully saturated rings. The molecule has 0 aromatic heterocycles. The Kier molecular flexibility index (Phi) is 4.46. The van der Waals surface area contributed by atoms with Crippen molar-refractivity contribution in [2.24, 2.45) is 5.90 Å². The zero-order chi connectivity index (χ0) is 9.52. The average Bonchev–Trinajstić information content (AvgIpc) is 2.13. The van der Waals surface area contributed by atoms with E-state index in [9.17, 15) is 0 Å². The lowest BCUT2D eigenvalue weighted by Crippen LogP contribution is -2.07. The molecule has 1 rings (SSSR count). The highest BCUT2D eigenvalue weighted by Gasteiger charge is 1.92. The van der Waals surface area contributed by atoms with Crippen molar-refractivity contribution in [1.29, 1.82) is 0 Å². The van der Waals surface area contributed by atoms with Crippen molar-refractivity contribution < 1.29 is 9.57 Å². The minimum atomic E-state index is 0.436. The van der Waals surface area contributed by atoms with Crippen LogP contribution in [0.1, 0.15) is 11.1 Å². The summed E-state index contributed by atoms with van der Waals surface area (Å²) in [4.78, 5) is 4.38. The van der Waals surface area contributed by atoms with E-state index in [4.69, 9.17) is 10.6 Å². The fraction of sp³-hybridized carbons (Fsp3) is 0.400. The number of nitrogens with two attached hydrogens (primary N) is 1. The van der Waals surface area contributed by atoms with E-state index in [2.05, 4.69) is 23.9 Å². The van der Waals surface area contributed by atoms with E-state index in [-0.39, 0.29) is 0 Å². The van der Waals surface area contributed by atoms with Crippen molar-refractivity contribution in [1.82, 2.24) is 0 Å². The van der Waals surface area contributed by atoms with Gasteiger partial charge in [0, 0.05) is 0 Å². The Morgan fingerprint density at radius 1 is 1.31 bits per heavy atom. The molecule has 0 heterocycles. The minimum Gasteiger partial charge on any atom is -0.374 e. The van der Waals surface area contributed by atoms with Crippen molar-refractivity contribution in [3.8, 4) is 0 Å². The first-order valence-electron chi connectivity index (χ1n) is 4.28. The van der Waals surface area contributed by atoms with Gasteiger partial charge in [-0.2, -0.15) is 0 Å². The van der Waals surface area contributed by atoms with Crippen LogP contribution in [0.3, 0.4) is 0 Å². The van der Waals surface area contributed by atoms with Crippen LogP contribution in [-0.2, 0) is 16.2 Å². The molecule has 3 nitrogen and oxygen atoms in total. The van der Waals surface area contributed by atoms with Crippen LogP contribution in [0.4, 0.5) is 0 Å². The van der Waals surface area contributed by atoms with Crippen LogP contribution in [0.2, 0.25) is 0 Å². The Balaban J connectivity index is 2.28. The summed E-state index contributed by atoms with van der Waals surface area (Å²) < 4.78 is 5.31. The first-order chi connectivity index (χ1) is 6.33. The third kappa shape index (κ3) is 4.03. The van der Waals surface area contributed by atoms with Gasteiger partial charge in [-0.05, 0) is 12.5 Å². The fourth-order valence-corrected chi connectivity index (χ4v) is 1.10. The van der Waals surface area contributed by atoms with Crippen LogP contribution in [-0.4, -0.2) is 13.2 Å². The van der Waals surface area contributed by atoms with Gasteiger partial charge in [-0.1, -0.05) is 29.8 Å². The molecule has 0 saturated heterocycles. The maximum absolute atomic E-state index is 5.31. The second kappa shape index (κ2) is 5.70. The predicted octanol–water partition coefficient (Wildman–Crippen LogP) is 1.40. The molecule has 0 saturated carbocycles. The first-order valence-corrected chi connectivity index (χ1v) is 4.28. The van der Waals surface area contributed by atoms with Gasteiger partial charge in [-0.3, -0.25) is 0 Å². The Bertz CT molecular complexity index is 250. The number of benzene rings is 1.